The summed E-state index contributed by atoms with van der Waals surface area (Å²) in [6.07, 6.45) is 0. The Bertz CT molecular complexity index is 147. The lowest BCUT2D eigenvalue weighted by Crippen LogP contribution is -2.29. The van der Waals surface area contributed by atoms with Crippen molar-refractivity contribution >= 4 is 6.72 Å². The SMILES string of the molecule is C=NCN/C(NCC)=C(\C)N. The summed E-state index contributed by atoms with van der Waals surface area (Å²) in [5.41, 5.74) is 6.29. The number of allylic oxidation sites excluding steroid dienone is 1. The maximum absolute atomic E-state index is 5.56. The summed E-state index contributed by atoms with van der Waals surface area (Å²) in [7, 11) is 0. The van der Waals surface area contributed by atoms with Crippen molar-refractivity contribution in [1.29, 1.82) is 0 Å². The minimum absolute atomic E-state index is 0.483. The first-order chi connectivity index (χ1) is 5.22. The zero-order chi connectivity index (χ0) is 8.69. The Labute approximate surface area is 67.6 Å². The molecular weight excluding hydrogens is 140 g/mol. The normalized spacial score (nSPS) is 11.8. The number of rotatable bonds is 5. The van der Waals surface area contributed by atoms with E-state index >= 15 is 0 Å². The van der Waals surface area contributed by atoms with Crippen molar-refractivity contribution in [2.45, 2.75) is 13.8 Å². The Kier molecular flexibility index (Phi) is 4.98. The average molecular weight is 156 g/mol. The average Bonchev–Trinajstić information content (AvgIpc) is 1.97. The van der Waals surface area contributed by atoms with Crippen LogP contribution in [0.2, 0.25) is 0 Å². The highest BCUT2D eigenvalue weighted by molar-refractivity contribution is 5.23. The molecule has 4 N–H and O–H groups in total. The molecule has 0 bridgehead atoms. The number of hydrogen-bond acceptors (Lipinski definition) is 4. The van der Waals surface area contributed by atoms with Crippen LogP contribution >= 0.6 is 0 Å². The van der Waals surface area contributed by atoms with Gasteiger partial charge >= 0.3 is 0 Å². The predicted octanol–water partition coefficient (Wildman–Crippen LogP) is -0.00870. The fourth-order valence-electron chi connectivity index (χ4n) is 0.653. The van der Waals surface area contributed by atoms with Crippen molar-refractivity contribution < 1.29 is 0 Å². The molecule has 0 fully saturated rings. The lowest BCUT2D eigenvalue weighted by molar-refractivity contribution is 0.697. The summed E-state index contributed by atoms with van der Waals surface area (Å²) in [4.78, 5) is 3.65. The van der Waals surface area contributed by atoms with Gasteiger partial charge in [0.25, 0.3) is 0 Å². The van der Waals surface area contributed by atoms with E-state index in [1.807, 2.05) is 13.8 Å². The molecule has 0 aromatic rings. The quantitative estimate of drug-likeness (QED) is 0.491. The molecule has 0 atom stereocenters. The molecule has 64 valence electrons. The van der Waals surface area contributed by atoms with E-state index in [1.54, 1.807) is 0 Å². The summed E-state index contributed by atoms with van der Waals surface area (Å²) < 4.78 is 0. The summed E-state index contributed by atoms with van der Waals surface area (Å²) in [5, 5.41) is 6.06. The van der Waals surface area contributed by atoms with E-state index in [9.17, 15) is 0 Å². The Balaban J connectivity index is 3.90. The first kappa shape index (κ1) is 9.81. The van der Waals surface area contributed by atoms with Crippen LogP contribution in [0.5, 0.6) is 0 Å². The Hall–Kier alpha value is -1.19. The van der Waals surface area contributed by atoms with Crippen LogP contribution in [-0.4, -0.2) is 19.9 Å². The maximum atomic E-state index is 5.56. The first-order valence-electron chi connectivity index (χ1n) is 3.59. The van der Waals surface area contributed by atoms with E-state index in [4.69, 9.17) is 5.73 Å². The third kappa shape index (κ3) is 4.25. The summed E-state index contributed by atoms with van der Waals surface area (Å²) in [6, 6.07) is 0. The molecule has 0 radical (unpaired) electrons. The highest BCUT2D eigenvalue weighted by Gasteiger charge is 1.94. The van der Waals surface area contributed by atoms with Gasteiger partial charge in [-0.2, -0.15) is 0 Å². The van der Waals surface area contributed by atoms with E-state index in [0.29, 0.717) is 6.67 Å². The maximum Gasteiger partial charge on any atom is 0.119 e. The van der Waals surface area contributed by atoms with Gasteiger partial charge in [-0.3, -0.25) is 4.99 Å². The fourth-order valence-corrected chi connectivity index (χ4v) is 0.653. The molecule has 0 aliphatic carbocycles. The monoisotopic (exact) mass is 156 g/mol. The Morgan fingerprint density at radius 2 is 2.18 bits per heavy atom. The van der Waals surface area contributed by atoms with Crippen LogP contribution in [0, 0.1) is 0 Å². The van der Waals surface area contributed by atoms with Crippen molar-refractivity contribution in [3.63, 3.8) is 0 Å². The molecule has 0 aliphatic rings. The van der Waals surface area contributed by atoms with Crippen LogP contribution in [0.15, 0.2) is 16.5 Å². The summed E-state index contributed by atoms with van der Waals surface area (Å²) in [5.74, 6) is 0.833. The van der Waals surface area contributed by atoms with Gasteiger partial charge in [0.15, 0.2) is 0 Å². The number of nitrogens with zero attached hydrogens (tertiary/aromatic N) is 1. The number of nitrogens with two attached hydrogens (primary N) is 1. The standard InChI is InChI=1S/C7H16N4/c1-4-10-7(6(2)8)11-5-9-3/h10-11H,3-5,8H2,1-2H3/b7-6+. The van der Waals surface area contributed by atoms with Crippen molar-refractivity contribution in [2.24, 2.45) is 10.7 Å². The van der Waals surface area contributed by atoms with E-state index in [0.717, 1.165) is 18.1 Å². The molecule has 11 heavy (non-hydrogen) atoms. The molecule has 0 spiro atoms. The van der Waals surface area contributed by atoms with Gasteiger partial charge in [-0.15, -0.1) is 0 Å². The van der Waals surface area contributed by atoms with Crippen LogP contribution in [0.4, 0.5) is 0 Å². The Morgan fingerprint density at radius 3 is 2.55 bits per heavy atom. The number of hydrogen-bond donors (Lipinski definition) is 3. The van der Waals surface area contributed by atoms with Gasteiger partial charge in [0.2, 0.25) is 0 Å². The van der Waals surface area contributed by atoms with E-state index in [1.165, 1.54) is 0 Å². The zero-order valence-electron chi connectivity index (χ0n) is 7.15. The van der Waals surface area contributed by atoms with Gasteiger partial charge in [-0.25, -0.2) is 0 Å². The van der Waals surface area contributed by atoms with Crippen molar-refractivity contribution in [3.05, 3.63) is 11.5 Å². The van der Waals surface area contributed by atoms with Crippen molar-refractivity contribution in [2.75, 3.05) is 13.2 Å². The fraction of sp³-hybridized carbons (Fsp3) is 0.571. The van der Waals surface area contributed by atoms with E-state index in [2.05, 4.69) is 22.3 Å². The topological polar surface area (TPSA) is 62.4 Å². The molecular formula is C7H16N4. The molecule has 0 amide bonds. The van der Waals surface area contributed by atoms with E-state index in [-0.39, 0.29) is 0 Å². The smallest absolute Gasteiger partial charge is 0.119 e. The molecule has 0 rings (SSSR count). The molecule has 0 saturated carbocycles. The van der Waals surface area contributed by atoms with Crippen molar-refractivity contribution in [3.8, 4) is 0 Å². The third-order valence-corrected chi connectivity index (χ3v) is 1.12. The van der Waals surface area contributed by atoms with Crippen LogP contribution in [-0.2, 0) is 0 Å². The second kappa shape index (κ2) is 5.58. The van der Waals surface area contributed by atoms with Gasteiger partial charge in [-0.1, -0.05) is 0 Å². The summed E-state index contributed by atoms with van der Waals surface area (Å²) in [6.45, 7) is 8.51. The molecule has 0 aromatic carbocycles. The molecule has 0 saturated heterocycles. The van der Waals surface area contributed by atoms with Crippen LogP contribution in [0.3, 0.4) is 0 Å². The minimum Gasteiger partial charge on any atom is -0.399 e. The molecule has 0 aromatic heterocycles. The number of nitrogens with one attached hydrogen (secondary N) is 2. The highest BCUT2D eigenvalue weighted by atomic mass is 15.1. The van der Waals surface area contributed by atoms with Gasteiger partial charge in [0, 0.05) is 12.2 Å². The highest BCUT2D eigenvalue weighted by Crippen LogP contribution is 1.87. The third-order valence-electron chi connectivity index (χ3n) is 1.12. The van der Waals surface area contributed by atoms with E-state index < -0.39 is 0 Å². The molecule has 0 unspecified atom stereocenters. The lowest BCUT2D eigenvalue weighted by Gasteiger charge is -2.11. The molecule has 0 heterocycles. The predicted molar refractivity (Wildman–Crippen MR) is 48.1 cm³/mol. The largest absolute Gasteiger partial charge is 0.399 e. The van der Waals surface area contributed by atoms with Crippen LogP contribution in [0.1, 0.15) is 13.8 Å². The first-order valence-corrected chi connectivity index (χ1v) is 3.59. The minimum atomic E-state index is 0.483. The van der Waals surface area contributed by atoms with Crippen molar-refractivity contribution in [1.82, 2.24) is 10.6 Å². The summed E-state index contributed by atoms with van der Waals surface area (Å²) >= 11 is 0. The van der Waals surface area contributed by atoms with Gasteiger partial charge in [0.1, 0.15) is 12.5 Å². The lowest BCUT2D eigenvalue weighted by atomic mass is 10.5. The van der Waals surface area contributed by atoms with Crippen LogP contribution in [0.25, 0.3) is 0 Å². The molecule has 4 nitrogen and oxygen atoms in total. The Morgan fingerprint density at radius 1 is 1.55 bits per heavy atom. The van der Waals surface area contributed by atoms with Gasteiger partial charge in [0.05, 0.1) is 0 Å². The van der Waals surface area contributed by atoms with Gasteiger partial charge < -0.3 is 16.4 Å². The second-order valence-corrected chi connectivity index (χ2v) is 2.15. The molecule has 0 aliphatic heterocycles. The second-order valence-electron chi connectivity index (χ2n) is 2.15. The number of aliphatic imine (C=N–C) groups is 1. The molecule has 4 heteroatoms. The van der Waals surface area contributed by atoms with Crippen LogP contribution < -0.4 is 16.4 Å². The zero-order valence-corrected chi connectivity index (χ0v) is 7.15. The van der Waals surface area contributed by atoms with Gasteiger partial charge in [-0.05, 0) is 20.6 Å².